The zero-order valence-corrected chi connectivity index (χ0v) is 17.1. The van der Waals surface area contributed by atoms with E-state index in [9.17, 15) is 9.59 Å². The van der Waals surface area contributed by atoms with Crippen LogP contribution in [0.2, 0.25) is 0 Å². The lowest BCUT2D eigenvalue weighted by Gasteiger charge is -2.20. The van der Waals surface area contributed by atoms with Gasteiger partial charge in [0.05, 0.1) is 0 Å². The van der Waals surface area contributed by atoms with Crippen LogP contribution >= 0.6 is 0 Å². The molecule has 1 atom stereocenters. The Morgan fingerprint density at radius 2 is 1.48 bits per heavy atom. The third-order valence-electron chi connectivity index (χ3n) is 5.42. The van der Waals surface area contributed by atoms with Crippen LogP contribution in [-0.4, -0.2) is 25.2 Å². The number of benzene rings is 3. The zero-order valence-electron chi connectivity index (χ0n) is 17.1. The maximum absolute atomic E-state index is 12.7. The Morgan fingerprint density at radius 1 is 0.903 bits per heavy atom. The fraction of sp³-hybridized carbons (Fsp3) is 0.154. The molecule has 1 aliphatic carbocycles. The highest BCUT2D eigenvalue weighted by molar-refractivity contribution is 5.87. The first kappa shape index (κ1) is 20.4. The lowest BCUT2D eigenvalue weighted by Crippen LogP contribution is -2.41. The predicted octanol–water partition coefficient (Wildman–Crippen LogP) is 4.57. The van der Waals surface area contributed by atoms with E-state index in [1.165, 1.54) is 0 Å². The molecule has 5 heteroatoms. The number of hydrogen-bond acceptors (Lipinski definition) is 3. The Hall–Kier alpha value is -3.86. The molecule has 2 amide bonds. The quantitative estimate of drug-likeness (QED) is 0.559. The largest absolute Gasteiger partial charge is 0.449 e. The van der Waals surface area contributed by atoms with Gasteiger partial charge in [-0.25, -0.2) is 4.79 Å². The summed E-state index contributed by atoms with van der Waals surface area (Å²) in [4.78, 5) is 25.2. The topological polar surface area (TPSA) is 67.4 Å². The molecule has 0 unspecified atom stereocenters. The van der Waals surface area contributed by atoms with Gasteiger partial charge in [0.25, 0.3) is 0 Å². The van der Waals surface area contributed by atoms with Gasteiger partial charge in [-0.15, -0.1) is 6.58 Å². The molecule has 5 nitrogen and oxygen atoms in total. The molecule has 1 aliphatic rings. The van der Waals surface area contributed by atoms with Gasteiger partial charge < -0.3 is 15.4 Å². The zero-order chi connectivity index (χ0) is 21.6. The van der Waals surface area contributed by atoms with Crippen molar-refractivity contribution in [2.75, 3.05) is 13.2 Å². The molecule has 0 fully saturated rings. The number of carbonyl (C=O) groups excluding carboxylic acids is 2. The number of ether oxygens (including phenoxy) is 1. The van der Waals surface area contributed by atoms with Crippen LogP contribution in [0.25, 0.3) is 11.1 Å². The molecule has 0 saturated carbocycles. The maximum atomic E-state index is 12.7. The molecule has 4 rings (SSSR count). The van der Waals surface area contributed by atoms with Crippen molar-refractivity contribution < 1.29 is 14.3 Å². The van der Waals surface area contributed by atoms with Crippen molar-refractivity contribution in [2.45, 2.75) is 12.0 Å². The van der Waals surface area contributed by atoms with E-state index in [1.54, 1.807) is 18.2 Å². The normalized spacial score (nSPS) is 12.9. The van der Waals surface area contributed by atoms with E-state index in [1.807, 2.05) is 42.5 Å². The Morgan fingerprint density at radius 3 is 2.10 bits per heavy atom. The highest BCUT2D eigenvalue weighted by atomic mass is 16.5. The second-order valence-corrected chi connectivity index (χ2v) is 7.35. The molecule has 0 saturated heterocycles. The molecule has 31 heavy (non-hydrogen) atoms. The van der Waals surface area contributed by atoms with Crippen molar-refractivity contribution in [3.05, 3.63) is 108 Å². The summed E-state index contributed by atoms with van der Waals surface area (Å²) >= 11 is 0. The Kier molecular flexibility index (Phi) is 6.13. The first-order valence-electron chi connectivity index (χ1n) is 10.2. The van der Waals surface area contributed by atoms with E-state index >= 15 is 0 Å². The Balaban J connectivity index is 1.48. The summed E-state index contributed by atoms with van der Waals surface area (Å²) in [5.74, 6) is -0.359. The number of nitrogens with one attached hydrogen (secondary N) is 2. The maximum Gasteiger partial charge on any atom is 0.408 e. The van der Waals surface area contributed by atoms with Crippen molar-refractivity contribution >= 4 is 12.0 Å². The van der Waals surface area contributed by atoms with Gasteiger partial charge in [-0.2, -0.15) is 0 Å². The van der Waals surface area contributed by atoms with Crippen LogP contribution in [0, 0.1) is 0 Å². The van der Waals surface area contributed by atoms with Crippen molar-refractivity contribution in [2.24, 2.45) is 0 Å². The standard InChI is InChI=1S/C26H24N2O3/c1-2-16-27-25(29)24(18-10-4-3-5-11-18)28-26(30)31-17-23-21-14-8-6-12-19(21)20-13-7-9-15-22(20)23/h2-15,23-24H,1,16-17H2,(H,27,29)(H,28,30)/t24-/m1/s1. The summed E-state index contributed by atoms with van der Waals surface area (Å²) in [6.07, 6.45) is 0.956. The van der Waals surface area contributed by atoms with Gasteiger partial charge >= 0.3 is 6.09 Å². The van der Waals surface area contributed by atoms with Crippen molar-refractivity contribution in [3.63, 3.8) is 0 Å². The average Bonchev–Trinajstić information content (AvgIpc) is 3.14. The Labute approximate surface area is 181 Å². The van der Waals surface area contributed by atoms with E-state index < -0.39 is 12.1 Å². The molecular weight excluding hydrogens is 388 g/mol. The van der Waals surface area contributed by atoms with E-state index in [4.69, 9.17) is 4.74 Å². The van der Waals surface area contributed by atoms with Crippen LogP contribution in [-0.2, 0) is 9.53 Å². The summed E-state index contributed by atoms with van der Waals surface area (Å²) in [7, 11) is 0. The van der Waals surface area contributed by atoms with Crippen molar-refractivity contribution in [1.82, 2.24) is 10.6 Å². The van der Waals surface area contributed by atoms with Crippen LogP contribution in [0.1, 0.15) is 28.7 Å². The van der Waals surface area contributed by atoms with E-state index in [2.05, 4.69) is 41.5 Å². The first-order chi connectivity index (χ1) is 15.2. The molecule has 0 aliphatic heterocycles. The summed E-state index contributed by atoms with van der Waals surface area (Å²) in [6, 6.07) is 24.6. The summed E-state index contributed by atoms with van der Waals surface area (Å²) in [5.41, 5.74) is 5.29. The SMILES string of the molecule is C=CCNC(=O)[C@H](NC(=O)OCC1c2ccccc2-c2ccccc21)c1ccccc1. The minimum atomic E-state index is -0.850. The Bertz CT molecular complexity index is 1050. The van der Waals surface area contributed by atoms with Crippen molar-refractivity contribution in [3.8, 4) is 11.1 Å². The third kappa shape index (κ3) is 4.36. The van der Waals surface area contributed by atoms with Gasteiger partial charge in [-0.05, 0) is 27.8 Å². The molecule has 156 valence electrons. The minimum Gasteiger partial charge on any atom is -0.449 e. The number of carbonyl (C=O) groups is 2. The molecular formula is C26H24N2O3. The lowest BCUT2D eigenvalue weighted by atomic mass is 9.98. The van der Waals surface area contributed by atoms with Crippen LogP contribution < -0.4 is 10.6 Å². The van der Waals surface area contributed by atoms with Crippen LogP contribution in [0.4, 0.5) is 4.79 Å². The van der Waals surface area contributed by atoms with Crippen LogP contribution in [0.15, 0.2) is 91.5 Å². The second-order valence-electron chi connectivity index (χ2n) is 7.35. The number of rotatable bonds is 7. The van der Waals surface area contributed by atoms with Gasteiger partial charge in [-0.3, -0.25) is 4.79 Å². The van der Waals surface area contributed by atoms with Crippen LogP contribution in [0.3, 0.4) is 0 Å². The predicted molar refractivity (Wildman–Crippen MR) is 121 cm³/mol. The molecule has 0 bridgehead atoms. The number of alkyl carbamates (subject to hydrolysis) is 1. The molecule has 3 aromatic carbocycles. The lowest BCUT2D eigenvalue weighted by molar-refractivity contribution is -0.123. The molecule has 0 radical (unpaired) electrons. The number of fused-ring (bicyclic) bond motifs is 3. The molecule has 0 heterocycles. The highest BCUT2D eigenvalue weighted by Gasteiger charge is 2.30. The molecule has 0 spiro atoms. The monoisotopic (exact) mass is 412 g/mol. The third-order valence-corrected chi connectivity index (χ3v) is 5.42. The number of hydrogen-bond donors (Lipinski definition) is 2. The van der Waals surface area contributed by atoms with Crippen molar-refractivity contribution in [1.29, 1.82) is 0 Å². The summed E-state index contributed by atoms with van der Waals surface area (Å²) in [6.45, 7) is 4.11. The fourth-order valence-electron chi connectivity index (χ4n) is 3.98. The molecule has 3 aromatic rings. The van der Waals surface area contributed by atoms with E-state index in [0.29, 0.717) is 12.1 Å². The first-order valence-corrected chi connectivity index (χ1v) is 10.2. The molecule has 0 aromatic heterocycles. The number of amides is 2. The van der Waals surface area contributed by atoms with Gasteiger partial charge in [-0.1, -0.05) is 84.9 Å². The average molecular weight is 412 g/mol. The minimum absolute atomic E-state index is 0.0390. The van der Waals surface area contributed by atoms with Gasteiger partial charge in [0.2, 0.25) is 5.91 Å². The van der Waals surface area contributed by atoms with Gasteiger partial charge in [0.15, 0.2) is 0 Å². The highest BCUT2D eigenvalue weighted by Crippen LogP contribution is 2.44. The van der Waals surface area contributed by atoms with Gasteiger partial charge in [0.1, 0.15) is 12.6 Å². The van der Waals surface area contributed by atoms with Gasteiger partial charge in [0, 0.05) is 12.5 Å². The smallest absolute Gasteiger partial charge is 0.408 e. The second kappa shape index (κ2) is 9.30. The fourth-order valence-corrected chi connectivity index (χ4v) is 3.98. The summed E-state index contributed by atoms with van der Waals surface area (Å²) < 4.78 is 5.60. The summed E-state index contributed by atoms with van der Waals surface area (Å²) in [5, 5.41) is 5.44. The van der Waals surface area contributed by atoms with E-state index in [0.717, 1.165) is 22.3 Å². The van der Waals surface area contributed by atoms with E-state index in [-0.39, 0.29) is 18.4 Å². The molecule has 2 N–H and O–H groups in total. The van der Waals surface area contributed by atoms with Crippen LogP contribution in [0.5, 0.6) is 0 Å².